The van der Waals surface area contributed by atoms with Crippen molar-refractivity contribution in [3.05, 3.63) is 18.1 Å². The van der Waals surface area contributed by atoms with E-state index in [1.807, 2.05) is 6.07 Å². The van der Waals surface area contributed by atoms with E-state index in [9.17, 15) is 0 Å². The van der Waals surface area contributed by atoms with Gasteiger partial charge in [0.15, 0.2) is 5.69 Å². The summed E-state index contributed by atoms with van der Waals surface area (Å²) in [4.78, 5) is 8.17. The van der Waals surface area contributed by atoms with Crippen molar-refractivity contribution in [1.82, 2.24) is 9.97 Å². The fourth-order valence-corrected chi connectivity index (χ4v) is 2.36. The zero-order valence-corrected chi connectivity index (χ0v) is 9.47. The molecule has 1 aliphatic carbocycles. The average Bonchev–Trinajstić information content (AvgIpc) is 3.11. The number of ether oxygens (including phenoxy) is 1. The van der Waals surface area contributed by atoms with Gasteiger partial charge >= 0.3 is 0 Å². The number of nitriles is 1. The third kappa shape index (κ3) is 2.22. The first-order valence-corrected chi connectivity index (χ1v) is 5.93. The summed E-state index contributed by atoms with van der Waals surface area (Å²) in [5, 5.41) is 12.0. The molecule has 17 heavy (non-hydrogen) atoms. The van der Waals surface area contributed by atoms with Crippen molar-refractivity contribution in [2.75, 3.05) is 18.5 Å². The van der Waals surface area contributed by atoms with Crippen molar-refractivity contribution in [3.63, 3.8) is 0 Å². The second-order valence-electron chi connectivity index (χ2n) is 4.69. The fraction of sp³-hybridized carbons (Fsp3) is 0.583. The number of nitrogens with zero attached hydrogens (tertiary/aromatic N) is 3. The van der Waals surface area contributed by atoms with Crippen LogP contribution in [0.1, 0.15) is 18.5 Å². The third-order valence-electron chi connectivity index (χ3n) is 3.45. The highest BCUT2D eigenvalue weighted by molar-refractivity contribution is 5.35. The van der Waals surface area contributed by atoms with Crippen LogP contribution in [0.5, 0.6) is 0 Å². The molecular formula is C12H14N4O. The fourth-order valence-electron chi connectivity index (χ4n) is 2.36. The molecule has 88 valence electrons. The summed E-state index contributed by atoms with van der Waals surface area (Å²) in [5.74, 6) is 2.15. The van der Waals surface area contributed by atoms with E-state index in [-0.39, 0.29) is 0 Å². The Balaban J connectivity index is 1.67. The minimum absolute atomic E-state index is 0.338. The number of nitrogens with one attached hydrogen (secondary N) is 1. The summed E-state index contributed by atoms with van der Waals surface area (Å²) in [6.45, 7) is 1.59. The van der Waals surface area contributed by atoms with Gasteiger partial charge in [0.2, 0.25) is 0 Å². The van der Waals surface area contributed by atoms with Gasteiger partial charge in [-0.3, -0.25) is 0 Å². The Hall–Kier alpha value is -1.67. The van der Waals surface area contributed by atoms with Crippen molar-refractivity contribution < 1.29 is 4.74 Å². The Bertz CT molecular complexity index is 435. The summed E-state index contributed by atoms with van der Waals surface area (Å²) < 4.78 is 5.53. The van der Waals surface area contributed by atoms with E-state index in [2.05, 4.69) is 15.3 Å². The lowest BCUT2D eigenvalue weighted by Crippen LogP contribution is -2.29. The molecule has 3 rings (SSSR count). The largest absolute Gasteiger partial charge is 0.379 e. The highest BCUT2D eigenvalue weighted by Crippen LogP contribution is 2.41. The zero-order valence-electron chi connectivity index (χ0n) is 9.47. The van der Waals surface area contributed by atoms with Gasteiger partial charge < -0.3 is 10.1 Å². The molecule has 0 aromatic carbocycles. The van der Waals surface area contributed by atoms with Crippen molar-refractivity contribution in [1.29, 1.82) is 5.26 Å². The Morgan fingerprint density at radius 3 is 2.82 bits per heavy atom. The highest BCUT2D eigenvalue weighted by Gasteiger charge is 2.40. The van der Waals surface area contributed by atoms with Crippen LogP contribution in [0.15, 0.2) is 12.4 Å². The predicted octanol–water partition coefficient (Wildman–Crippen LogP) is 1.19. The maximum Gasteiger partial charge on any atom is 0.158 e. The van der Waals surface area contributed by atoms with Gasteiger partial charge in [0.25, 0.3) is 0 Å². The molecule has 2 fully saturated rings. The van der Waals surface area contributed by atoms with E-state index in [1.54, 1.807) is 6.20 Å². The maximum absolute atomic E-state index is 8.64. The summed E-state index contributed by atoms with van der Waals surface area (Å²) >= 11 is 0. The predicted molar refractivity (Wildman–Crippen MR) is 61.2 cm³/mol. The van der Waals surface area contributed by atoms with Crippen LogP contribution in [-0.2, 0) is 4.74 Å². The second-order valence-corrected chi connectivity index (χ2v) is 4.69. The molecule has 1 saturated carbocycles. The number of rotatable bonds is 3. The Labute approximate surface area is 99.8 Å². The van der Waals surface area contributed by atoms with Gasteiger partial charge in [-0.05, 0) is 18.8 Å². The molecule has 0 amide bonds. The molecule has 1 saturated heterocycles. The molecule has 2 heterocycles. The normalized spacial score (nSPS) is 27.7. The summed E-state index contributed by atoms with van der Waals surface area (Å²) in [5.41, 5.74) is 0.344. The molecule has 0 radical (unpaired) electrons. The van der Waals surface area contributed by atoms with E-state index in [4.69, 9.17) is 10.00 Å². The van der Waals surface area contributed by atoms with Gasteiger partial charge in [-0.1, -0.05) is 0 Å². The lowest BCUT2D eigenvalue weighted by molar-refractivity contribution is 0.181. The van der Waals surface area contributed by atoms with Gasteiger partial charge in [-0.15, -0.1) is 0 Å². The van der Waals surface area contributed by atoms with Crippen LogP contribution in [-0.4, -0.2) is 29.2 Å². The van der Waals surface area contributed by atoms with E-state index in [1.165, 1.54) is 19.0 Å². The molecule has 2 atom stereocenters. The van der Waals surface area contributed by atoms with Crippen molar-refractivity contribution >= 4 is 5.82 Å². The SMILES string of the molecule is N#Cc1cnc(NC2COCC2C2CC2)cn1. The first kappa shape index (κ1) is 10.5. The number of anilines is 1. The number of hydrogen-bond donors (Lipinski definition) is 1. The molecule has 1 aromatic heterocycles. The Morgan fingerprint density at radius 2 is 2.18 bits per heavy atom. The second kappa shape index (κ2) is 4.30. The van der Waals surface area contributed by atoms with Gasteiger partial charge in [0.1, 0.15) is 11.9 Å². The third-order valence-corrected chi connectivity index (χ3v) is 3.45. The molecule has 1 aromatic rings. The van der Waals surface area contributed by atoms with Gasteiger partial charge in [0, 0.05) is 5.92 Å². The van der Waals surface area contributed by atoms with Crippen LogP contribution >= 0.6 is 0 Å². The highest BCUT2D eigenvalue weighted by atomic mass is 16.5. The van der Waals surface area contributed by atoms with Gasteiger partial charge in [-0.25, -0.2) is 9.97 Å². The van der Waals surface area contributed by atoms with E-state index >= 15 is 0 Å². The average molecular weight is 230 g/mol. The van der Waals surface area contributed by atoms with Crippen molar-refractivity contribution in [2.45, 2.75) is 18.9 Å². The van der Waals surface area contributed by atoms with Gasteiger partial charge in [0.05, 0.1) is 31.6 Å². The molecule has 2 unspecified atom stereocenters. The quantitative estimate of drug-likeness (QED) is 0.844. The van der Waals surface area contributed by atoms with Crippen LogP contribution in [0.25, 0.3) is 0 Å². The topological polar surface area (TPSA) is 70.8 Å². The van der Waals surface area contributed by atoms with Crippen LogP contribution < -0.4 is 5.32 Å². The van der Waals surface area contributed by atoms with Crippen LogP contribution in [0.4, 0.5) is 5.82 Å². The minimum Gasteiger partial charge on any atom is -0.379 e. The monoisotopic (exact) mass is 230 g/mol. The summed E-state index contributed by atoms with van der Waals surface area (Å²) in [6, 6.07) is 2.30. The molecule has 0 spiro atoms. The molecule has 5 heteroatoms. The maximum atomic E-state index is 8.64. The molecule has 2 aliphatic rings. The van der Waals surface area contributed by atoms with E-state index in [0.29, 0.717) is 17.7 Å². The van der Waals surface area contributed by atoms with E-state index < -0.39 is 0 Å². The summed E-state index contributed by atoms with van der Waals surface area (Å²) in [6.07, 6.45) is 5.75. The number of hydrogen-bond acceptors (Lipinski definition) is 5. The first-order valence-electron chi connectivity index (χ1n) is 5.93. The van der Waals surface area contributed by atoms with Crippen LogP contribution in [0.3, 0.4) is 0 Å². The lowest BCUT2D eigenvalue weighted by atomic mass is 9.98. The van der Waals surface area contributed by atoms with Crippen LogP contribution in [0, 0.1) is 23.2 Å². The first-order chi connectivity index (χ1) is 8.36. The molecule has 5 nitrogen and oxygen atoms in total. The number of aromatic nitrogens is 2. The molecule has 1 aliphatic heterocycles. The van der Waals surface area contributed by atoms with Crippen molar-refractivity contribution in [3.8, 4) is 6.07 Å². The lowest BCUT2D eigenvalue weighted by Gasteiger charge is -2.18. The smallest absolute Gasteiger partial charge is 0.158 e. The van der Waals surface area contributed by atoms with Crippen molar-refractivity contribution in [2.24, 2.45) is 11.8 Å². The molecular weight excluding hydrogens is 216 g/mol. The van der Waals surface area contributed by atoms with Gasteiger partial charge in [-0.2, -0.15) is 5.26 Å². The molecule has 0 bridgehead atoms. The Morgan fingerprint density at radius 1 is 1.29 bits per heavy atom. The van der Waals surface area contributed by atoms with Crippen LogP contribution in [0.2, 0.25) is 0 Å². The molecule has 1 N–H and O–H groups in total. The Kier molecular flexibility index (Phi) is 2.65. The standard InChI is InChI=1S/C12H14N4O/c13-3-9-4-15-12(5-14-9)16-11-7-17-6-10(11)8-1-2-8/h4-5,8,10-11H,1-2,6-7H2,(H,15,16). The zero-order chi connectivity index (χ0) is 11.7. The minimum atomic E-state index is 0.338. The van der Waals surface area contributed by atoms with E-state index in [0.717, 1.165) is 24.9 Å². The summed E-state index contributed by atoms with van der Waals surface area (Å²) in [7, 11) is 0.